The lowest BCUT2D eigenvalue weighted by atomic mass is 9.91. The van der Waals surface area contributed by atoms with Gasteiger partial charge in [0.25, 0.3) is 11.5 Å². The van der Waals surface area contributed by atoms with Crippen LogP contribution in [0.3, 0.4) is 0 Å². The van der Waals surface area contributed by atoms with E-state index in [1.54, 1.807) is 45.3 Å². The maximum Gasteiger partial charge on any atom is 0.313 e. The Morgan fingerprint density at radius 3 is 2.30 bits per heavy atom. The topological polar surface area (TPSA) is 134 Å². The van der Waals surface area contributed by atoms with Gasteiger partial charge in [-0.2, -0.15) is 0 Å². The molecule has 0 saturated carbocycles. The second kappa shape index (κ2) is 12.3. The fourth-order valence-corrected chi connectivity index (χ4v) is 4.97. The summed E-state index contributed by atoms with van der Waals surface area (Å²) in [6.07, 6.45) is 3.48. The highest BCUT2D eigenvalue weighted by Crippen LogP contribution is 2.39. The summed E-state index contributed by atoms with van der Waals surface area (Å²) in [6.45, 7) is 5.20. The number of pyridine rings is 3. The largest absolute Gasteiger partial charge is 0.505 e. The molecular weight excluding hydrogens is 544 g/mol. The average molecular weight is 577 g/mol. The monoisotopic (exact) mass is 576 g/mol. The minimum atomic E-state index is -1.02. The van der Waals surface area contributed by atoms with Gasteiger partial charge in [0, 0.05) is 29.9 Å². The molecule has 3 N–H and O–H groups in total. The number of benzene rings is 2. The first kappa shape index (κ1) is 29.2. The van der Waals surface area contributed by atoms with E-state index in [0.717, 1.165) is 5.56 Å². The van der Waals surface area contributed by atoms with Crippen LogP contribution in [0.5, 0.6) is 5.75 Å². The van der Waals surface area contributed by atoms with Crippen LogP contribution >= 0.6 is 0 Å². The van der Waals surface area contributed by atoms with Crippen LogP contribution in [-0.2, 0) is 16.0 Å². The summed E-state index contributed by atoms with van der Waals surface area (Å²) in [4.78, 5) is 51.6. The third-order valence-corrected chi connectivity index (χ3v) is 7.20. The lowest BCUT2D eigenvalue weighted by Gasteiger charge is -2.23. The molecule has 0 aliphatic rings. The molecule has 43 heavy (non-hydrogen) atoms. The molecule has 9 heteroatoms. The van der Waals surface area contributed by atoms with Gasteiger partial charge in [-0.3, -0.25) is 19.4 Å². The molecular formula is C34H32N4O5. The van der Waals surface area contributed by atoms with E-state index in [4.69, 9.17) is 4.74 Å². The number of ether oxygens (including phenoxy) is 1. The van der Waals surface area contributed by atoms with Gasteiger partial charge in [0.15, 0.2) is 11.4 Å². The Bertz CT molecular complexity index is 1840. The standard InChI is InChI=1S/C34H32N4O5/c1-4-43-33(42)34(2,3)20-36-32(41)29-30(39)26-24(18-21-12-7-5-8-13-21)25(22-14-9-6-10-15-22)31(40)38-28(26)27(37-29)23-16-11-17-35-19-23/h5-17,19,39H,4,18,20H2,1-3H3,(H,36,41)(H,38,40). The van der Waals surface area contributed by atoms with E-state index in [9.17, 15) is 19.5 Å². The van der Waals surface area contributed by atoms with Crippen molar-refractivity contribution in [3.05, 3.63) is 112 Å². The maximum atomic E-state index is 13.8. The molecule has 3 heterocycles. The Balaban J connectivity index is 1.77. The molecule has 0 aliphatic heterocycles. The first-order valence-corrected chi connectivity index (χ1v) is 14.0. The third kappa shape index (κ3) is 6.01. The molecule has 1 amide bonds. The van der Waals surface area contributed by atoms with Crippen molar-refractivity contribution in [3.8, 4) is 28.1 Å². The number of nitrogens with zero attached hydrogens (tertiary/aromatic N) is 2. The van der Waals surface area contributed by atoms with Crippen molar-refractivity contribution < 1.29 is 19.4 Å². The van der Waals surface area contributed by atoms with Gasteiger partial charge in [0.2, 0.25) is 0 Å². The number of fused-ring (bicyclic) bond motifs is 1. The minimum absolute atomic E-state index is 0.0518. The van der Waals surface area contributed by atoms with Crippen molar-refractivity contribution in [2.45, 2.75) is 27.2 Å². The lowest BCUT2D eigenvalue weighted by Crippen LogP contribution is -2.40. The van der Waals surface area contributed by atoms with E-state index >= 15 is 0 Å². The molecule has 3 aromatic heterocycles. The molecule has 0 radical (unpaired) electrons. The summed E-state index contributed by atoms with van der Waals surface area (Å²) in [5.74, 6) is -1.52. The van der Waals surface area contributed by atoms with Crippen LogP contribution in [0.2, 0.25) is 0 Å². The molecule has 0 spiro atoms. The van der Waals surface area contributed by atoms with Crippen molar-refractivity contribution in [2.24, 2.45) is 5.41 Å². The molecule has 218 valence electrons. The predicted molar refractivity (Wildman–Crippen MR) is 165 cm³/mol. The Labute approximate surface area is 248 Å². The van der Waals surface area contributed by atoms with Crippen LogP contribution in [0.4, 0.5) is 0 Å². The first-order valence-electron chi connectivity index (χ1n) is 14.0. The Kier molecular flexibility index (Phi) is 8.34. The van der Waals surface area contributed by atoms with Gasteiger partial charge < -0.3 is 20.1 Å². The van der Waals surface area contributed by atoms with E-state index in [0.29, 0.717) is 34.1 Å². The van der Waals surface area contributed by atoms with Gasteiger partial charge in [-0.25, -0.2) is 4.98 Å². The number of hydrogen-bond donors (Lipinski definition) is 3. The van der Waals surface area contributed by atoms with Crippen molar-refractivity contribution >= 4 is 22.8 Å². The zero-order chi connectivity index (χ0) is 30.6. The quantitative estimate of drug-likeness (QED) is 0.204. The Morgan fingerprint density at radius 2 is 1.65 bits per heavy atom. The van der Waals surface area contributed by atoms with Gasteiger partial charge in [-0.15, -0.1) is 0 Å². The van der Waals surface area contributed by atoms with Gasteiger partial charge in [-0.1, -0.05) is 60.7 Å². The van der Waals surface area contributed by atoms with E-state index in [-0.39, 0.29) is 41.4 Å². The first-order chi connectivity index (χ1) is 20.7. The highest BCUT2D eigenvalue weighted by atomic mass is 16.5. The fraction of sp³-hybridized carbons (Fsp3) is 0.206. The molecule has 5 rings (SSSR count). The van der Waals surface area contributed by atoms with E-state index in [1.807, 2.05) is 60.7 Å². The summed E-state index contributed by atoms with van der Waals surface area (Å²) in [5.41, 5.74) is 1.98. The van der Waals surface area contributed by atoms with Crippen LogP contribution < -0.4 is 10.9 Å². The second-order valence-electron chi connectivity index (χ2n) is 10.8. The second-order valence-corrected chi connectivity index (χ2v) is 10.8. The van der Waals surface area contributed by atoms with Crippen LogP contribution in [0.1, 0.15) is 42.4 Å². The molecule has 0 atom stereocenters. The van der Waals surface area contributed by atoms with Crippen LogP contribution in [-0.4, -0.2) is 45.1 Å². The van der Waals surface area contributed by atoms with Gasteiger partial charge >= 0.3 is 5.97 Å². The number of hydrogen-bond acceptors (Lipinski definition) is 7. The smallest absolute Gasteiger partial charge is 0.313 e. The summed E-state index contributed by atoms with van der Waals surface area (Å²) in [5, 5.41) is 14.8. The number of aromatic hydroxyl groups is 1. The van der Waals surface area contributed by atoms with E-state index in [2.05, 4.69) is 20.3 Å². The van der Waals surface area contributed by atoms with Crippen LogP contribution in [0, 0.1) is 5.41 Å². The molecule has 2 aromatic carbocycles. The normalized spacial score (nSPS) is 11.3. The fourth-order valence-electron chi connectivity index (χ4n) is 4.97. The average Bonchev–Trinajstić information content (AvgIpc) is 3.01. The van der Waals surface area contributed by atoms with Crippen molar-refractivity contribution in [1.82, 2.24) is 20.3 Å². The number of amides is 1. The summed E-state index contributed by atoms with van der Waals surface area (Å²) in [6, 6.07) is 22.3. The number of aromatic nitrogens is 3. The number of nitrogens with one attached hydrogen (secondary N) is 2. The Morgan fingerprint density at radius 1 is 0.977 bits per heavy atom. The van der Waals surface area contributed by atoms with Crippen LogP contribution in [0.25, 0.3) is 33.3 Å². The SMILES string of the molecule is CCOC(=O)C(C)(C)CNC(=O)c1nc(-c2cccnc2)c2[nH]c(=O)c(-c3ccccc3)c(Cc3ccccc3)c2c1O. The van der Waals surface area contributed by atoms with Crippen molar-refractivity contribution in [2.75, 3.05) is 13.2 Å². The third-order valence-electron chi connectivity index (χ3n) is 7.20. The number of H-pyrrole nitrogens is 1. The summed E-state index contributed by atoms with van der Waals surface area (Å²) >= 11 is 0. The molecule has 0 fully saturated rings. The highest BCUT2D eigenvalue weighted by Gasteiger charge is 2.31. The molecule has 0 unspecified atom stereocenters. The highest BCUT2D eigenvalue weighted by molar-refractivity contribution is 6.07. The number of esters is 1. The Hall–Kier alpha value is -5.31. The zero-order valence-electron chi connectivity index (χ0n) is 24.2. The maximum absolute atomic E-state index is 13.8. The number of carbonyl (C=O) groups is 2. The summed E-state index contributed by atoms with van der Waals surface area (Å²) < 4.78 is 5.15. The zero-order valence-corrected chi connectivity index (χ0v) is 24.2. The van der Waals surface area contributed by atoms with E-state index < -0.39 is 17.3 Å². The molecule has 0 aliphatic carbocycles. The summed E-state index contributed by atoms with van der Waals surface area (Å²) in [7, 11) is 0. The van der Waals surface area contributed by atoms with Crippen molar-refractivity contribution in [1.29, 1.82) is 0 Å². The molecule has 9 nitrogen and oxygen atoms in total. The van der Waals surface area contributed by atoms with Crippen molar-refractivity contribution in [3.63, 3.8) is 0 Å². The molecule has 5 aromatic rings. The van der Waals surface area contributed by atoms with Crippen LogP contribution in [0.15, 0.2) is 90.0 Å². The molecule has 0 saturated heterocycles. The lowest BCUT2D eigenvalue weighted by molar-refractivity contribution is -0.153. The predicted octanol–water partition coefficient (Wildman–Crippen LogP) is 5.27. The molecule has 0 bridgehead atoms. The van der Waals surface area contributed by atoms with Gasteiger partial charge in [0.05, 0.1) is 28.8 Å². The number of rotatable bonds is 9. The minimum Gasteiger partial charge on any atom is -0.505 e. The van der Waals surface area contributed by atoms with Gasteiger partial charge in [0.1, 0.15) is 0 Å². The number of carbonyl (C=O) groups excluding carboxylic acids is 2. The number of aromatic amines is 1. The van der Waals surface area contributed by atoms with Gasteiger partial charge in [-0.05, 0) is 56.0 Å². The van der Waals surface area contributed by atoms with E-state index in [1.165, 1.54) is 0 Å².